The number of nitrogens with zero attached hydrogens (tertiary/aromatic N) is 4. The van der Waals surface area contributed by atoms with E-state index < -0.39 is 0 Å². The van der Waals surface area contributed by atoms with Crippen molar-refractivity contribution in [1.82, 2.24) is 0 Å². The van der Waals surface area contributed by atoms with Crippen LogP contribution >= 0.6 is 0 Å². The van der Waals surface area contributed by atoms with E-state index in [0.717, 1.165) is 56.9 Å². The Balaban J connectivity index is 1.08. The van der Waals surface area contributed by atoms with Crippen molar-refractivity contribution >= 4 is 56.9 Å². The highest BCUT2D eigenvalue weighted by atomic mass is 15.2. The van der Waals surface area contributed by atoms with E-state index in [0.29, 0.717) is 6.54 Å². The molecule has 1 aliphatic rings. The van der Waals surface area contributed by atoms with Gasteiger partial charge in [-0.1, -0.05) is 140 Å². The van der Waals surface area contributed by atoms with Gasteiger partial charge in [0.05, 0.1) is 6.04 Å². The molecule has 9 rings (SSSR count). The molecule has 0 fully saturated rings. The second-order valence-electron chi connectivity index (χ2n) is 14.6. The van der Waals surface area contributed by atoms with Crippen molar-refractivity contribution in [1.29, 1.82) is 0 Å². The minimum Gasteiger partial charge on any atom is -0.337 e. The van der Waals surface area contributed by atoms with Crippen LogP contribution in [0.5, 0.6) is 0 Å². The molecule has 0 amide bonds. The van der Waals surface area contributed by atoms with Gasteiger partial charge in [0, 0.05) is 63.4 Å². The third-order valence-corrected chi connectivity index (χ3v) is 10.7. The van der Waals surface area contributed by atoms with Gasteiger partial charge in [-0.15, -0.1) is 0 Å². The molecule has 0 radical (unpaired) electrons. The van der Waals surface area contributed by atoms with Crippen LogP contribution in [0.1, 0.15) is 5.56 Å². The van der Waals surface area contributed by atoms with Crippen molar-refractivity contribution < 1.29 is 0 Å². The van der Waals surface area contributed by atoms with Crippen LogP contribution in [-0.2, 0) is 6.54 Å². The lowest BCUT2D eigenvalue weighted by Crippen LogP contribution is -2.27. The first-order valence-corrected chi connectivity index (χ1v) is 20.5. The SMILES string of the molecule is C1=CC=CC(N(c2ccccc2)c2ccc(N(Cc3ccc(N(c4ccccc4)c4ccccc4)cc3)c3ccc(N(c4ccccc4)c4ccccc4)cc3)cc2)C=C1. The fourth-order valence-corrected chi connectivity index (χ4v) is 7.84. The number of anilines is 10. The van der Waals surface area contributed by atoms with Crippen LogP contribution in [0.2, 0.25) is 0 Å². The second-order valence-corrected chi connectivity index (χ2v) is 14.6. The minimum atomic E-state index is 0.0684. The van der Waals surface area contributed by atoms with E-state index in [2.05, 4.69) is 281 Å². The van der Waals surface area contributed by atoms with E-state index in [1.54, 1.807) is 0 Å². The van der Waals surface area contributed by atoms with Gasteiger partial charge in [-0.05, 0) is 127 Å². The van der Waals surface area contributed by atoms with E-state index in [1.165, 1.54) is 5.56 Å². The molecule has 0 aromatic heterocycles. The molecule has 290 valence electrons. The third-order valence-electron chi connectivity index (χ3n) is 10.7. The van der Waals surface area contributed by atoms with Gasteiger partial charge in [0.1, 0.15) is 0 Å². The number of allylic oxidation sites excluding steroid dienone is 4. The summed E-state index contributed by atoms with van der Waals surface area (Å²) in [5, 5.41) is 0. The Morgan fingerprint density at radius 2 is 0.550 bits per heavy atom. The van der Waals surface area contributed by atoms with Crippen LogP contribution in [-0.4, -0.2) is 6.04 Å². The summed E-state index contributed by atoms with van der Waals surface area (Å²) >= 11 is 0. The molecule has 0 unspecified atom stereocenters. The van der Waals surface area contributed by atoms with E-state index in [9.17, 15) is 0 Å². The minimum absolute atomic E-state index is 0.0684. The second kappa shape index (κ2) is 18.2. The molecule has 4 nitrogen and oxygen atoms in total. The van der Waals surface area contributed by atoms with Crippen LogP contribution in [0.15, 0.2) is 261 Å². The summed E-state index contributed by atoms with van der Waals surface area (Å²) in [6, 6.07) is 79.9. The molecule has 8 aromatic rings. The van der Waals surface area contributed by atoms with Crippen LogP contribution < -0.4 is 19.6 Å². The average Bonchev–Trinajstić information content (AvgIpc) is 3.61. The quantitative estimate of drug-likeness (QED) is 0.116. The summed E-state index contributed by atoms with van der Waals surface area (Å²) in [6.45, 7) is 0.679. The predicted octanol–water partition coefficient (Wildman–Crippen LogP) is 15.2. The van der Waals surface area contributed by atoms with Gasteiger partial charge in [-0.3, -0.25) is 0 Å². The number of hydrogen-bond donors (Lipinski definition) is 0. The summed E-state index contributed by atoms with van der Waals surface area (Å²) in [5.41, 5.74) is 12.3. The number of benzene rings is 8. The van der Waals surface area contributed by atoms with Gasteiger partial charge in [-0.25, -0.2) is 0 Å². The van der Waals surface area contributed by atoms with Crippen molar-refractivity contribution in [3.8, 4) is 0 Å². The standard InChI is InChI=1S/C56H46N4/c1-2-9-21-48(20-8-1)59(51-26-14-5-15-27-51)55-40-36-46(37-41-55)57(47-38-42-56(43-39-47)60(52-28-16-6-17-29-52)53-30-18-7-19-31-53)44-45-32-34-54(35-33-45)58(49-22-10-3-11-23-49)50-24-12-4-13-25-50/h1-43,48H,44H2. The Morgan fingerprint density at radius 3 is 0.933 bits per heavy atom. The number of para-hydroxylation sites is 5. The molecule has 4 heteroatoms. The van der Waals surface area contributed by atoms with Gasteiger partial charge >= 0.3 is 0 Å². The summed E-state index contributed by atoms with van der Waals surface area (Å²) in [5.74, 6) is 0. The van der Waals surface area contributed by atoms with Crippen molar-refractivity contribution in [2.45, 2.75) is 12.6 Å². The Hall–Kier alpha value is -7.82. The molecule has 0 spiro atoms. The molecule has 0 saturated carbocycles. The lowest BCUT2D eigenvalue weighted by molar-refractivity contribution is 0.941. The average molecular weight is 775 g/mol. The largest absolute Gasteiger partial charge is 0.337 e. The lowest BCUT2D eigenvalue weighted by Gasteiger charge is -2.32. The van der Waals surface area contributed by atoms with Crippen molar-refractivity contribution in [3.05, 3.63) is 266 Å². The maximum Gasteiger partial charge on any atom is 0.0712 e. The Labute approximate surface area is 354 Å². The molecular weight excluding hydrogens is 729 g/mol. The van der Waals surface area contributed by atoms with Crippen molar-refractivity contribution in [2.24, 2.45) is 0 Å². The summed E-state index contributed by atoms with van der Waals surface area (Å²) < 4.78 is 0. The molecule has 0 saturated heterocycles. The molecule has 1 aliphatic carbocycles. The summed E-state index contributed by atoms with van der Waals surface area (Å²) in [6.07, 6.45) is 12.9. The zero-order valence-corrected chi connectivity index (χ0v) is 33.4. The topological polar surface area (TPSA) is 13.0 Å². The molecule has 0 bridgehead atoms. The predicted molar refractivity (Wildman–Crippen MR) is 254 cm³/mol. The van der Waals surface area contributed by atoms with Crippen LogP contribution in [0.3, 0.4) is 0 Å². The highest BCUT2D eigenvalue weighted by Gasteiger charge is 2.20. The first-order valence-electron chi connectivity index (χ1n) is 20.5. The fourth-order valence-electron chi connectivity index (χ4n) is 7.84. The van der Waals surface area contributed by atoms with Crippen LogP contribution in [0, 0.1) is 0 Å². The van der Waals surface area contributed by atoms with E-state index in [1.807, 2.05) is 0 Å². The van der Waals surface area contributed by atoms with E-state index in [-0.39, 0.29) is 6.04 Å². The first-order chi connectivity index (χ1) is 29.8. The normalized spacial score (nSPS) is 12.1. The zero-order valence-electron chi connectivity index (χ0n) is 33.4. The Morgan fingerprint density at radius 1 is 0.267 bits per heavy atom. The van der Waals surface area contributed by atoms with E-state index in [4.69, 9.17) is 0 Å². The molecule has 0 atom stereocenters. The maximum atomic E-state index is 2.41. The van der Waals surface area contributed by atoms with Gasteiger partial charge < -0.3 is 19.6 Å². The highest BCUT2D eigenvalue weighted by Crippen LogP contribution is 2.39. The van der Waals surface area contributed by atoms with E-state index >= 15 is 0 Å². The van der Waals surface area contributed by atoms with Crippen molar-refractivity contribution in [3.63, 3.8) is 0 Å². The van der Waals surface area contributed by atoms with Crippen LogP contribution in [0.25, 0.3) is 0 Å². The fraction of sp³-hybridized carbons (Fsp3) is 0.0357. The Bertz CT molecular complexity index is 2550. The maximum absolute atomic E-state index is 2.41. The number of rotatable bonds is 13. The van der Waals surface area contributed by atoms with Gasteiger partial charge in [0.25, 0.3) is 0 Å². The summed E-state index contributed by atoms with van der Waals surface area (Å²) in [4.78, 5) is 9.40. The van der Waals surface area contributed by atoms with Crippen LogP contribution in [0.4, 0.5) is 56.9 Å². The van der Waals surface area contributed by atoms with Gasteiger partial charge in [0.15, 0.2) is 0 Å². The lowest BCUT2D eigenvalue weighted by atomic mass is 10.1. The molecule has 0 N–H and O–H groups in total. The highest BCUT2D eigenvalue weighted by molar-refractivity contribution is 5.79. The van der Waals surface area contributed by atoms with Crippen molar-refractivity contribution in [2.75, 3.05) is 19.6 Å². The zero-order chi connectivity index (χ0) is 40.4. The van der Waals surface area contributed by atoms with Gasteiger partial charge in [0.2, 0.25) is 0 Å². The molecule has 0 aliphatic heterocycles. The third kappa shape index (κ3) is 8.54. The summed E-state index contributed by atoms with van der Waals surface area (Å²) in [7, 11) is 0. The van der Waals surface area contributed by atoms with Gasteiger partial charge in [-0.2, -0.15) is 0 Å². The molecule has 60 heavy (non-hydrogen) atoms. The smallest absolute Gasteiger partial charge is 0.0712 e. The number of hydrogen-bond acceptors (Lipinski definition) is 4. The Kier molecular flexibility index (Phi) is 11.4. The molecular formula is C56H46N4. The monoisotopic (exact) mass is 774 g/mol. The first kappa shape index (κ1) is 37.7. The molecule has 0 heterocycles. The molecule has 8 aromatic carbocycles.